The molecule has 1 saturated carbocycles. The van der Waals surface area contributed by atoms with E-state index in [9.17, 15) is 9.18 Å². The number of carbonyl (C=O) groups is 1. The van der Waals surface area contributed by atoms with Crippen molar-refractivity contribution in [2.24, 2.45) is 7.05 Å². The Morgan fingerprint density at radius 2 is 1.94 bits per heavy atom. The van der Waals surface area contributed by atoms with Crippen LogP contribution in [0, 0.1) is 5.82 Å². The van der Waals surface area contributed by atoms with Crippen molar-refractivity contribution in [2.45, 2.75) is 38.8 Å². The molecule has 33 heavy (non-hydrogen) atoms. The number of rotatable bonds is 3. The van der Waals surface area contributed by atoms with E-state index in [2.05, 4.69) is 17.4 Å². The summed E-state index contributed by atoms with van der Waals surface area (Å²) in [5.41, 5.74) is 4.40. The zero-order valence-electron chi connectivity index (χ0n) is 18.9. The van der Waals surface area contributed by atoms with E-state index in [1.807, 2.05) is 52.8 Å². The zero-order valence-corrected chi connectivity index (χ0v) is 18.9. The fraction of sp³-hybridized carbons (Fsp3) is 0.320. The van der Waals surface area contributed by atoms with Crippen molar-refractivity contribution in [3.8, 4) is 11.1 Å². The van der Waals surface area contributed by atoms with Crippen molar-refractivity contribution in [1.29, 1.82) is 0 Å². The molecule has 1 amide bonds. The lowest BCUT2D eigenvalue weighted by Gasteiger charge is -2.41. The van der Waals surface area contributed by atoms with Crippen LogP contribution in [0.4, 0.5) is 21.6 Å². The van der Waals surface area contributed by atoms with Crippen molar-refractivity contribution < 1.29 is 9.18 Å². The Labute approximate surface area is 191 Å². The first kappa shape index (κ1) is 20.0. The van der Waals surface area contributed by atoms with Crippen molar-refractivity contribution in [3.05, 3.63) is 54.6 Å². The van der Waals surface area contributed by atoms with Crippen molar-refractivity contribution in [3.63, 3.8) is 0 Å². The van der Waals surface area contributed by atoms with Crippen molar-refractivity contribution in [2.75, 3.05) is 16.3 Å². The molecule has 4 aromatic rings. The average Bonchev–Trinajstić information content (AvgIpc) is 3.42. The molecule has 1 aliphatic carbocycles. The second kappa shape index (κ2) is 7.16. The van der Waals surface area contributed by atoms with Gasteiger partial charge in [0.15, 0.2) is 5.82 Å². The minimum atomic E-state index is -0.305. The lowest BCUT2D eigenvalue weighted by molar-refractivity contribution is -0.117. The number of carbonyl (C=O) groups excluding carboxylic acids is 1. The summed E-state index contributed by atoms with van der Waals surface area (Å²) in [5.74, 6) is 0.239. The average molecular weight is 445 g/mol. The Bertz CT molecular complexity index is 1400. The summed E-state index contributed by atoms with van der Waals surface area (Å²) < 4.78 is 18.7. The van der Waals surface area contributed by atoms with Crippen molar-refractivity contribution >= 4 is 34.0 Å². The number of aromatic nitrogens is 4. The van der Waals surface area contributed by atoms with E-state index in [1.54, 1.807) is 17.7 Å². The lowest BCUT2D eigenvalue weighted by atomic mass is 10.0. The predicted octanol–water partition coefficient (Wildman–Crippen LogP) is 4.80. The summed E-state index contributed by atoms with van der Waals surface area (Å²) in [7, 11) is 1.82. The molecule has 1 aliphatic heterocycles. The van der Waals surface area contributed by atoms with Crippen LogP contribution in [0.1, 0.15) is 32.7 Å². The van der Waals surface area contributed by atoms with E-state index in [-0.39, 0.29) is 17.8 Å². The van der Waals surface area contributed by atoms with Crippen LogP contribution < -0.4 is 9.80 Å². The number of amides is 1. The molecule has 6 rings (SSSR count). The number of fused-ring (bicyclic) bond motifs is 2. The Morgan fingerprint density at radius 1 is 1.12 bits per heavy atom. The first-order chi connectivity index (χ1) is 15.9. The van der Waals surface area contributed by atoms with Gasteiger partial charge in [-0.05, 0) is 49.6 Å². The smallest absolute Gasteiger partial charge is 0.224 e. The first-order valence-corrected chi connectivity index (χ1v) is 11.3. The fourth-order valence-corrected chi connectivity index (χ4v) is 4.95. The van der Waals surface area contributed by atoms with Crippen LogP contribution in [0.3, 0.4) is 0 Å². The maximum atomic E-state index is 15.0. The third kappa shape index (κ3) is 3.12. The second-order valence-electron chi connectivity index (χ2n) is 9.07. The standard InChI is InChI=1S/C25H25FN6O/c1-15-13-30(25-24-20(26)5-4-6-22(24)29(3)28-25)23-11-17(7-10-21(23)32(15)16(2)33)18-12-27-31(14-18)19-8-9-19/h4-7,10-12,14-15,19H,8-9,13H2,1-3H3. The zero-order chi connectivity index (χ0) is 22.9. The third-order valence-corrected chi connectivity index (χ3v) is 6.67. The molecule has 1 unspecified atom stereocenters. The summed E-state index contributed by atoms with van der Waals surface area (Å²) in [6.45, 7) is 4.10. The molecule has 1 atom stereocenters. The molecule has 0 spiro atoms. The normalized spacial score (nSPS) is 18.1. The van der Waals surface area contributed by atoms with Gasteiger partial charge in [-0.1, -0.05) is 12.1 Å². The highest BCUT2D eigenvalue weighted by molar-refractivity contribution is 6.01. The molecule has 0 radical (unpaired) electrons. The molecule has 2 aromatic carbocycles. The van der Waals surface area contributed by atoms with E-state index < -0.39 is 0 Å². The maximum Gasteiger partial charge on any atom is 0.224 e. The number of benzene rings is 2. The molecular weight excluding hydrogens is 419 g/mol. The van der Waals surface area contributed by atoms with Gasteiger partial charge in [-0.25, -0.2) is 4.39 Å². The minimum Gasteiger partial charge on any atom is -0.320 e. The van der Waals surface area contributed by atoms with Gasteiger partial charge in [0.05, 0.1) is 40.6 Å². The Morgan fingerprint density at radius 3 is 2.70 bits per heavy atom. The van der Waals surface area contributed by atoms with Gasteiger partial charge in [0.1, 0.15) is 5.82 Å². The van der Waals surface area contributed by atoms with E-state index in [1.165, 1.54) is 18.9 Å². The molecule has 2 aliphatic rings. The Balaban J connectivity index is 1.54. The maximum absolute atomic E-state index is 15.0. The molecule has 3 heterocycles. The van der Waals surface area contributed by atoms with E-state index in [0.29, 0.717) is 23.8 Å². The highest BCUT2D eigenvalue weighted by atomic mass is 19.1. The van der Waals surface area contributed by atoms with Crippen LogP contribution in [-0.2, 0) is 11.8 Å². The first-order valence-electron chi connectivity index (χ1n) is 11.3. The van der Waals surface area contributed by atoms with Crippen molar-refractivity contribution in [1.82, 2.24) is 19.6 Å². The van der Waals surface area contributed by atoms with E-state index >= 15 is 0 Å². The van der Waals surface area contributed by atoms with Crippen LogP contribution in [0.25, 0.3) is 22.0 Å². The number of halogens is 1. The second-order valence-corrected chi connectivity index (χ2v) is 9.07. The molecular formula is C25H25FN6O. The molecule has 7 nitrogen and oxygen atoms in total. The van der Waals surface area contributed by atoms with Gasteiger partial charge in [-0.15, -0.1) is 0 Å². The topological polar surface area (TPSA) is 59.2 Å². The molecule has 0 saturated heterocycles. The summed E-state index contributed by atoms with van der Waals surface area (Å²) in [4.78, 5) is 16.4. The quantitative estimate of drug-likeness (QED) is 0.455. The van der Waals surface area contributed by atoms with Gasteiger partial charge in [0.2, 0.25) is 5.91 Å². The predicted molar refractivity (Wildman–Crippen MR) is 126 cm³/mol. The third-order valence-electron chi connectivity index (χ3n) is 6.67. The molecule has 0 bridgehead atoms. The minimum absolute atomic E-state index is 0.0187. The fourth-order valence-electron chi connectivity index (χ4n) is 4.95. The van der Waals surface area contributed by atoms with E-state index in [0.717, 1.165) is 28.0 Å². The Kier molecular flexibility index (Phi) is 4.33. The monoisotopic (exact) mass is 444 g/mol. The van der Waals surface area contributed by atoms with E-state index in [4.69, 9.17) is 5.10 Å². The number of hydrogen-bond donors (Lipinski definition) is 0. The molecule has 8 heteroatoms. The lowest BCUT2D eigenvalue weighted by Crippen LogP contribution is -2.48. The van der Waals surface area contributed by atoms with Crippen LogP contribution in [0.5, 0.6) is 0 Å². The molecule has 0 N–H and O–H groups in total. The van der Waals surface area contributed by atoms with Crippen LogP contribution in [-0.4, -0.2) is 38.1 Å². The number of aryl methyl sites for hydroxylation is 1. The summed E-state index contributed by atoms with van der Waals surface area (Å²) >= 11 is 0. The van der Waals surface area contributed by atoms with Gasteiger partial charge >= 0.3 is 0 Å². The Hall–Kier alpha value is -3.68. The molecule has 2 aromatic heterocycles. The summed E-state index contributed by atoms with van der Waals surface area (Å²) in [6.07, 6.45) is 6.30. The highest BCUT2D eigenvalue weighted by Crippen LogP contribution is 2.44. The molecule has 1 fully saturated rings. The summed E-state index contributed by atoms with van der Waals surface area (Å²) in [5, 5.41) is 9.71. The number of hydrogen-bond acceptors (Lipinski definition) is 4. The number of anilines is 3. The number of nitrogens with zero attached hydrogens (tertiary/aromatic N) is 6. The molecule has 168 valence electrons. The van der Waals surface area contributed by atoms with Gasteiger partial charge < -0.3 is 9.80 Å². The van der Waals surface area contributed by atoms with Gasteiger partial charge in [-0.3, -0.25) is 14.2 Å². The largest absolute Gasteiger partial charge is 0.320 e. The van der Waals surface area contributed by atoms with Gasteiger partial charge in [0.25, 0.3) is 0 Å². The van der Waals surface area contributed by atoms with Gasteiger partial charge in [-0.2, -0.15) is 10.2 Å². The SMILES string of the molecule is CC(=O)N1c2ccc(-c3cnn(C4CC4)c3)cc2N(c2nn(C)c3cccc(F)c23)CC1C. The van der Waals surface area contributed by atoms with Crippen LogP contribution >= 0.6 is 0 Å². The highest BCUT2D eigenvalue weighted by Gasteiger charge is 2.34. The van der Waals surface area contributed by atoms with Gasteiger partial charge in [0, 0.05) is 32.3 Å². The summed E-state index contributed by atoms with van der Waals surface area (Å²) in [6, 6.07) is 11.5. The van der Waals surface area contributed by atoms with Crippen LogP contribution in [0.15, 0.2) is 48.8 Å². The van der Waals surface area contributed by atoms with Crippen LogP contribution in [0.2, 0.25) is 0 Å².